The van der Waals surface area contributed by atoms with Crippen molar-refractivity contribution >= 4 is 22.1 Å². The molecule has 0 aromatic heterocycles. The molecule has 0 heterocycles. The van der Waals surface area contributed by atoms with E-state index in [9.17, 15) is 22.6 Å². The molecule has 1 unspecified atom stereocenters. The van der Waals surface area contributed by atoms with Gasteiger partial charge in [-0.25, -0.2) is 9.59 Å². The molecule has 1 aromatic rings. The number of rotatable bonds is 29. The van der Waals surface area contributed by atoms with Gasteiger partial charge in [-0.1, -0.05) is 167 Å². The van der Waals surface area contributed by atoms with Crippen molar-refractivity contribution in [1.29, 1.82) is 0 Å². The van der Waals surface area contributed by atoms with Crippen molar-refractivity contribution in [2.24, 2.45) is 0 Å². The van der Waals surface area contributed by atoms with E-state index in [0.717, 1.165) is 19.3 Å². The summed E-state index contributed by atoms with van der Waals surface area (Å²) in [7, 11) is -4.57. The fraction of sp³-hybridized carbons (Fsp3) is 0.778. The minimum atomic E-state index is -4.57. The van der Waals surface area contributed by atoms with Crippen molar-refractivity contribution in [3.63, 3.8) is 0 Å². The second kappa shape index (κ2) is 26.3. The van der Waals surface area contributed by atoms with Crippen molar-refractivity contribution in [2.75, 3.05) is 6.61 Å². The van der Waals surface area contributed by atoms with E-state index in [1.807, 2.05) is 0 Å². The lowest BCUT2D eigenvalue weighted by Gasteiger charge is -2.15. The van der Waals surface area contributed by atoms with Crippen LogP contribution in [0.2, 0.25) is 0 Å². The van der Waals surface area contributed by atoms with E-state index in [1.165, 1.54) is 134 Å². The number of esters is 2. The first-order valence-corrected chi connectivity index (χ1v) is 19.2. The van der Waals surface area contributed by atoms with E-state index in [-0.39, 0.29) is 24.2 Å². The average molecular weight is 639 g/mol. The minimum Gasteiger partial charge on any atom is -0.462 e. The number of carbonyl (C=O) groups excluding carboxylic acids is 2. The van der Waals surface area contributed by atoms with Gasteiger partial charge in [-0.2, -0.15) is 8.42 Å². The Morgan fingerprint density at radius 3 is 1.32 bits per heavy atom. The molecule has 1 rings (SSSR count). The average Bonchev–Trinajstić information content (AvgIpc) is 3.00. The fourth-order valence-electron chi connectivity index (χ4n) is 5.48. The molecule has 0 aliphatic carbocycles. The quantitative estimate of drug-likeness (QED) is 0.0528. The molecule has 0 spiro atoms. The molecule has 0 aliphatic rings. The molecule has 0 amide bonds. The standard InChI is InChI=1S/C36H62O7S/c1-3-5-6-7-8-9-10-11-12-13-14-15-16-17-18-19-20-21-22-23-24-27-31-42-35(37)32-29-25-26-30-33(32)36(38)43-34(28-4-2)44(39,40)41/h25-26,29-30,34H,3-24,27-28,31H2,1-2H3,(H,39,40,41). The fourth-order valence-corrected chi connectivity index (χ4v) is 6.22. The van der Waals surface area contributed by atoms with Gasteiger partial charge in [0.05, 0.1) is 17.7 Å². The molecule has 254 valence electrons. The molecule has 0 fully saturated rings. The third-order valence-corrected chi connectivity index (χ3v) is 9.19. The molecule has 1 atom stereocenters. The molecule has 0 radical (unpaired) electrons. The normalized spacial score (nSPS) is 12.2. The van der Waals surface area contributed by atoms with Gasteiger partial charge >= 0.3 is 22.1 Å². The van der Waals surface area contributed by atoms with Crippen LogP contribution in [-0.4, -0.2) is 37.0 Å². The van der Waals surface area contributed by atoms with Crippen LogP contribution in [0, 0.1) is 0 Å². The van der Waals surface area contributed by atoms with Crippen LogP contribution in [0.5, 0.6) is 0 Å². The van der Waals surface area contributed by atoms with Gasteiger partial charge in [0, 0.05) is 6.42 Å². The van der Waals surface area contributed by atoms with Crippen LogP contribution in [0.3, 0.4) is 0 Å². The third kappa shape index (κ3) is 20.2. The lowest BCUT2D eigenvalue weighted by atomic mass is 10.0. The van der Waals surface area contributed by atoms with Crippen molar-refractivity contribution in [2.45, 2.75) is 173 Å². The summed E-state index contributed by atoms with van der Waals surface area (Å²) in [4.78, 5) is 25.2. The maximum absolute atomic E-state index is 12.6. The van der Waals surface area contributed by atoms with Crippen LogP contribution in [0.1, 0.15) is 189 Å². The Kier molecular flexibility index (Phi) is 24.0. The van der Waals surface area contributed by atoms with Gasteiger partial charge in [0.2, 0.25) is 5.44 Å². The minimum absolute atomic E-state index is 0.0156. The molecule has 1 N–H and O–H groups in total. The molecule has 0 saturated heterocycles. The van der Waals surface area contributed by atoms with E-state index in [2.05, 4.69) is 6.92 Å². The Hall–Kier alpha value is -1.93. The van der Waals surface area contributed by atoms with Crippen LogP contribution in [-0.2, 0) is 19.6 Å². The second-order valence-corrected chi connectivity index (χ2v) is 13.8. The van der Waals surface area contributed by atoms with Crippen molar-refractivity contribution < 1.29 is 32.0 Å². The Bertz CT molecular complexity index is 976. The molecule has 0 saturated carbocycles. The van der Waals surface area contributed by atoms with Crippen LogP contribution < -0.4 is 0 Å². The first-order chi connectivity index (χ1) is 21.3. The Morgan fingerprint density at radius 1 is 0.591 bits per heavy atom. The first kappa shape index (κ1) is 40.1. The Balaban J connectivity index is 2.02. The van der Waals surface area contributed by atoms with Crippen LogP contribution in [0.25, 0.3) is 0 Å². The number of benzene rings is 1. The molecular formula is C36H62O7S. The second-order valence-electron chi connectivity index (χ2n) is 12.2. The summed E-state index contributed by atoms with van der Waals surface area (Å²) >= 11 is 0. The smallest absolute Gasteiger partial charge is 0.340 e. The van der Waals surface area contributed by atoms with E-state index in [0.29, 0.717) is 6.42 Å². The summed E-state index contributed by atoms with van der Waals surface area (Å²) in [5, 5.41) is 0. The zero-order chi connectivity index (χ0) is 32.3. The van der Waals surface area contributed by atoms with Crippen LogP contribution >= 0.6 is 0 Å². The number of ether oxygens (including phenoxy) is 2. The summed E-state index contributed by atoms with van der Waals surface area (Å²) in [6.45, 7) is 4.24. The van der Waals surface area contributed by atoms with Gasteiger partial charge in [0.1, 0.15) is 0 Å². The van der Waals surface area contributed by atoms with Crippen molar-refractivity contribution in [3.8, 4) is 0 Å². The van der Waals surface area contributed by atoms with Gasteiger partial charge in [0.15, 0.2) is 0 Å². The van der Waals surface area contributed by atoms with Gasteiger partial charge in [0.25, 0.3) is 0 Å². The number of hydrogen-bond donors (Lipinski definition) is 1. The summed E-state index contributed by atoms with van der Waals surface area (Å²) in [5.74, 6) is -1.64. The number of hydrogen-bond acceptors (Lipinski definition) is 6. The summed E-state index contributed by atoms with van der Waals surface area (Å²) < 4.78 is 42.7. The first-order valence-electron chi connectivity index (χ1n) is 17.7. The number of unbranched alkanes of at least 4 members (excludes halogenated alkanes) is 21. The van der Waals surface area contributed by atoms with Crippen LogP contribution in [0.15, 0.2) is 24.3 Å². The largest absolute Gasteiger partial charge is 0.462 e. The van der Waals surface area contributed by atoms with E-state index in [1.54, 1.807) is 19.1 Å². The van der Waals surface area contributed by atoms with Crippen molar-refractivity contribution in [3.05, 3.63) is 35.4 Å². The van der Waals surface area contributed by atoms with Crippen LogP contribution in [0.4, 0.5) is 0 Å². The molecule has 0 bridgehead atoms. The highest BCUT2D eigenvalue weighted by molar-refractivity contribution is 7.86. The molecule has 0 aliphatic heterocycles. The monoisotopic (exact) mass is 638 g/mol. The van der Waals surface area contributed by atoms with E-state index in [4.69, 9.17) is 9.47 Å². The highest BCUT2D eigenvalue weighted by Gasteiger charge is 2.29. The molecule has 44 heavy (non-hydrogen) atoms. The summed E-state index contributed by atoms with van der Waals surface area (Å²) in [5.41, 5.74) is -1.74. The maximum Gasteiger partial charge on any atom is 0.340 e. The van der Waals surface area contributed by atoms with Gasteiger partial charge < -0.3 is 9.47 Å². The zero-order valence-electron chi connectivity index (χ0n) is 27.9. The molecular weight excluding hydrogens is 576 g/mol. The van der Waals surface area contributed by atoms with Gasteiger partial charge in [-0.15, -0.1) is 0 Å². The number of carbonyl (C=O) groups is 2. The lowest BCUT2D eigenvalue weighted by molar-refractivity contribution is 0.0395. The summed E-state index contributed by atoms with van der Waals surface area (Å²) in [6, 6.07) is 5.97. The lowest BCUT2D eigenvalue weighted by Crippen LogP contribution is -2.27. The topological polar surface area (TPSA) is 107 Å². The zero-order valence-corrected chi connectivity index (χ0v) is 28.7. The third-order valence-electron chi connectivity index (χ3n) is 8.19. The Labute approximate surface area is 269 Å². The maximum atomic E-state index is 12.6. The van der Waals surface area contributed by atoms with E-state index >= 15 is 0 Å². The molecule has 8 heteroatoms. The highest BCUT2D eigenvalue weighted by Crippen LogP contribution is 2.18. The molecule has 7 nitrogen and oxygen atoms in total. The SMILES string of the molecule is CCCCCCCCCCCCCCCCCCCCCCCCOC(=O)c1ccccc1C(=O)OC(CCC)S(=O)(=O)O. The highest BCUT2D eigenvalue weighted by atomic mass is 32.2. The van der Waals surface area contributed by atoms with E-state index < -0.39 is 27.5 Å². The predicted octanol–water partition coefficient (Wildman–Crippen LogP) is 10.6. The predicted molar refractivity (Wildman–Crippen MR) is 180 cm³/mol. The van der Waals surface area contributed by atoms with Crippen molar-refractivity contribution in [1.82, 2.24) is 0 Å². The van der Waals surface area contributed by atoms with Gasteiger partial charge in [-0.05, 0) is 18.6 Å². The summed E-state index contributed by atoms with van der Waals surface area (Å²) in [6.07, 6.45) is 29.3. The van der Waals surface area contributed by atoms with Gasteiger partial charge in [-0.3, -0.25) is 4.55 Å². The molecule has 1 aromatic carbocycles. The Morgan fingerprint density at radius 2 is 0.955 bits per heavy atom.